The molecule has 2 aliphatic heterocycles. The molecular formula is C31H23N3O8. The standard InChI is InChI=1S/C31H23N3O8/c1-40-24-16-12-21(13-17-24)32-29(35)26-27(19-10-14-25(15-11-19)41-31(37)20-6-3-2-4-7-20)33(42-28(26)30(32)36)22-8-5-9-23(18-22)34(38)39/h2-18,26-28H,1H3/t26-,27-,28+/m1/s1. The predicted octanol–water partition coefficient (Wildman–Crippen LogP) is 4.87. The summed E-state index contributed by atoms with van der Waals surface area (Å²) in [6.07, 6.45) is -1.17. The topological polar surface area (TPSA) is 129 Å². The second-order valence-electron chi connectivity index (χ2n) is 9.63. The van der Waals surface area contributed by atoms with Crippen molar-refractivity contribution in [2.75, 3.05) is 17.1 Å². The quantitative estimate of drug-likeness (QED) is 0.101. The maximum Gasteiger partial charge on any atom is 0.343 e. The SMILES string of the molecule is COc1ccc(N2C(=O)[C@H]3[C@H](ON(c4cccc([N+](=O)[O-])c4)[C@@H]3c3ccc(OC(=O)c4ccccc4)cc3)C2=O)cc1. The van der Waals surface area contributed by atoms with Gasteiger partial charge in [-0.2, -0.15) is 0 Å². The Balaban J connectivity index is 1.35. The molecule has 11 heteroatoms. The molecule has 0 spiro atoms. The zero-order valence-corrected chi connectivity index (χ0v) is 22.2. The number of fused-ring (bicyclic) bond motifs is 1. The van der Waals surface area contributed by atoms with Gasteiger partial charge in [-0.3, -0.25) is 24.5 Å². The Hall–Kier alpha value is -5.55. The Morgan fingerprint density at radius 1 is 0.833 bits per heavy atom. The molecule has 210 valence electrons. The van der Waals surface area contributed by atoms with E-state index in [0.29, 0.717) is 28.3 Å². The van der Waals surface area contributed by atoms with Crippen molar-refractivity contribution in [1.29, 1.82) is 0 Å². The number of hydroxylamine groups is 1. The Bertz CT molecular complexity index is 1670. The summed E-state index contributed by atoms with van der Waals surface area (Å²) >= 11 is 0. The van der Waals surface area contributed by atoms with Crippen molar-refractivity contribution in [3.63, 3.8) is 0 Å². The number of benzene rings is 4. The van der Waals surface area contributed by atoms with E-state index in [1.165, 1.54) is 30.4 Å². The van der Waals surface area contributed by atoms with Gasteiger partial charge in [0, 0.05) is 12.1 Å². The Kier molecular flexibility index (Phi) is 6.85. The molecule has 0 aromatic heterocycles. The lowest BCUT2D eigenvalue weighted by atomic mass is 9.90. The van der Waals surface area contributed by atoms with Gasteiger partial charge in [-0.1, -0.05) is 36.4 Å². The molecule has 0 radical (unpaired) electrons. The zero-order valence-electron chi connectivity index (χ0n) is 22.2. The Morgan fingerprint density at radius 3 is 2.19 bits per heavy atom. The normalized spacial score (nSPS) is 19.5. The molecule has 2 saturated heterocycles. The highest BCUT2D eigenvalue weighted by Crippen LogP contribution is 2.48. The van der Waals surface area contributed by atoms with Crippen molar-refractivity contribution in [2.24, 2.45) is 5.92 Å². The molecule has 2 amide bonds. The lowest BCUT2D eigenvalue weighted by Crippen LogP contribution is -2.37. The molecule has 0 aliphatic carbocycles. The number of amides is 2. The molecule has 4 aromatic carbocycles. The van der Waals surface area contributed by atoms with Crippen LogP contribution in [0.3, 0.4) is 0 Å². The van der Waals surface area contributed by atoms with E-state index >= 15 is 0 Å². The lowest BCUT2D eigenvalue weighted by Gasteiger charge is -2.28. The minimum absolute atomic E-state index is 0.174. The minimum atomic E-state index is -1.17. The van der Waals surface area contributed by atoms with Crippen molar-refractivity contribution < 1.29 is 33.6 Å². The molecule has 2 fully saturated rings. The number of esters is 1. The number of nitro groups is 1. The van der Waals surface area contributed by atoms with E-state index in [1.54, 1.807) is 84.9 Å². The van der Waals surface area contributed by atoms with Crippen LogP contribution >= 0.6 is 0 Å². The summed E-state index contributed by atoms with van der Waals surface area (Å²) in [6, 6.07) is 26.5. The van der Waals surface area contributed by atoms with Crippen molar-refractivity contribution in [3.8, 4) is 11.5 Å². The van der Waals surface area contributed by atoms with Gasteiger partial charge < -0.3 is 9.47 Å². The van der Waals surface area contributed by atoms with Crippen LogP contribution in [0.15, 0.2) is 103 Å². The zero-order chi connectivity index (χ0) is 29.4. The van der Waals surface area contributed by atoms with Crippen LogP contribution in [0, 0.1) is 16.0 Å². The van der Waals surface area contributed by atoms with Gasteiger partial charge in [0.2, 0.25) is 5.91 Å². The smallest absolute Gasteiger partial charge is 0.343 e. The van der Waals surface area contributed by atoms with E-state index in [-0.39, 0.29) is 11.4 Å². The number of nitrogens with zero attached hydrogens (tertiary/aromatic N) is 3. The van der Waals surface area contributed by atoms with Crippen LogP contribution < -0.4 is 19.4 Å². The second-order valence-corrected chi connectivity index (χ2v) is 9.63. The van der Waals surface area contributed by atoms with Gasteiger partial charge >= 0.3 is 5.97 Å². The van der Waals surface area contributed by atoms with E-state index in [1.807, 2.05) is 0 Å². The van der Waals surface area contributed by atoms with E-state index < -0.39 is 40.8 Å². The highest BCUT2D eigenvalue weighted by molar-refractivity contribution is 6.24. The van der Waals surface area contributed by atoms with E-state index in [4.69, 9.17) is 14.3 Å². The van der Waals surface area contributed by atoms with E-state index in [9.17, 15) is 24.5 Å². The molecule has 3 atom stereocenters. The highest BCUT2D eigenvalue weighted by atomic mass is 16.7. The first-order chi connectivity index (χ1) is 20.4. The summed E-state index contributed by atoms with van der Waals surface area (Å²) in [5, 5.41) is 12.8. The molecule has 6 rings (SSSR count). The Labute approximate surface area is 239 Å². The molecule has 0 saturated carbocycles. The average molecular weight is 566 g/mol. The largest absolute Gasteiger partial charge is 0.497 e. The number of carbonyl (C=O) groups excluding carboxylic acids is 3. The first kappa shape index (κ1) is 26.7. The summed E-state index contributed by atoms with van der Waals surface area (Å²) in [5.41, 5.74) is 1.46. The second kappa shape index (κ2) is 10.8. The third-order valence-electron chi connectivity index (χ3n) is 7.18. The molecule has 42 heavy (non-hydrogen) atoms. The van der Waals surface area contributed by atoms with Gasteiger partial charge in [-0.25, -0.2) is 14.8 Å². The van der Waals surface area contributed by atoms with Crippen LogP contribution in [0.1, 0.15) is 22.0 Å². The monoisotopic (exact) mass is 565 g/mol. The Morgan fingerprint density at radius 2 is 1.52 bits per heavy atom. The summed E-state index contributed by atoms with van der Waals surface area (Å²) in [6.45, 7) is 0. The summed E-state index contributed by atoms with van der Waals surface area (Å²) < 4.78 is 10.7. The van der Waals surface area contributed by atoms with Gasteiger partial charge in [-0.15, -0.1) is 0 Å². The first-order valence-electron chi connectivity index (χ1n) is 13.0. The number of non-ortho nitro benzene ring substituents is 1. The molecule has 2 aliphatic rings. The van der Waals surface area contributed by atoms with Crippen LogP contribution in [0.5, 0.6) is 11.5 Å². The van der Waals surface area contributed by atoms with Gasteiger partial charge in [0.05, 0.1) is 35.0 Å². The van der Waals surface area contributed by atoms with E-state index in [0.717, 1.165) is 4.90 Å². The van der Waals surface area contributed by atoms with Gasteiger partial charge in [0.1, 0.15) is 17.4 Å². The lowest BCUT2D eigenvalue weighted by molar-refractivity contribution is -0.384. The van der Waals surface area contributed by atoms with Crippen LogP contribution in [0.2, 0.25) is 0 Å². The summed E-state index contributed by atoms with van der Waals surface area (Å²) in [4.78, 5) is 58.0. The minimum Gasteiger partial charge on any atom is -0.497 e. The number of rotatable bonds is 7. The molecule has 4 aromatic rings. The number of anilines is 2. The maximum absolute atomic E-state index is 13.8. The van der Waals surface area contributed by atoms with Gasteiger partial charge in [0.25, 0.3) is 11.6 Å². The van der Waals surface area contributed by atoms with E-state index in [2.05, 4.69) is 0 Å². The van der Waals surface area contributed by atoms with Crippen molar-refractivity contribution in [2.45, 2.75) is 12.1 Å². The van der Waals surface area contributed by atoms with Crippen molar-refractivity contribution in [3.05, 3.63) is 124 Å². The maximum atomic E-state index is 13.8. The van der Waals surface area contributed by atoms with Crippen LogP contribution in [0.4, 0.5) is 17.1 Å². The number of ether oxygens (including phenoxy) is 2. The van der Waals surface area contributed by atoms with Crippen LogP contribution in [0.25, 0.3) is 0 Å². The fourth-order valence-corrected chi connectivity index (χ4v) is 5.18. The molecular weight excluding hydrogens is 542 g/mol. The number of methoxy groups -OCH3 is 1. The molecule has 0 N–H and O–H groups in total. The molecule has 2 heterocycles. The first-order valence-corrected chi connectivity index (χ1v) is 13.0. The van der Waals surface area contributed by atoms with Crippen LogP contribution in [-0.4, -0.2) is 35.9 Å². The number of hydrogen-bond acceptors (Lipinski definition) is 9. The van der Waals surface area contributed by atoms with Crippen molar-refractivity contribution >= 4 is 34.8 Å². The third-order valence-corrected chi connectivity index (χ3v) is 7.18. The molecule has 11 nitrogen and oxygen atoms in total. The van der Waals surface area contributed by atoms with Crippen molar-refractivity contribution in [1.82, 2.24) is 0 Å². The molecule has 0 unspecified atom stereocenters. The number of imide groups is 1. The predicted molar refractivity (Wildman–Crippen MR) is 150 cm³/mol. The molecule has 0 bridgehead atoms. The number of hydrogen-bond donors (Lipinski definition) is 0. The van der Waals surface area contributed by atoms with Gasteiger partial charge in [-0.05, 0) is 60.2 Å². The average Bonchev–Trinajstić information content (AvgIpc) is 3.53. The van der Waals surface area contributed by atoms with Gasteiger partial charge in [0.15, 0.2) is 6.10 Å². The fourth-order valence-electron chi connectivity index (χ4n) is 5.18. The number of nitro benzene ring substituents is 1. The summed E-state index contributed by atoms with van der Waals surface area (Å²) in [5.74, 6) is -1.68. The fraction of sp³-hybridized carbons (Fsp3) is 0.129. The van der Waals surface area contributed by atoms with Crippen LogP contribution in [-0.2, 0) is 14.4 Å². The third kappa shape index (κ3) is 4.71. The summed E-state index contributed by atoms with van der Waals surface area (Å²) in [7, 11) is 1.51. The highest BCUT2D eigenvalue weighted by Gasteiger charge is 2.60. The number of carbonyl (C=O) groups is 3.